The molecule has 0 unspecified atom stereocenters. The Morgan fingerprint density at radius 2 is 1.53 bits per heavy atom. The molecular formula is C27H32N2O7. The number of esters is 1. The molecule has 0 saturated heterocycles. The van der Waals surface area contributed by atoms with Gasteiger partial charge < -0.3 is 18.9 Å². The molecule has 0 saturated carbocycles. The highest BCUT2D eigenvalue weighted by atomic mass is 16.6. The van der Waals surface area contributed by atoms with Gasteiger partial charge in [0.1, 0.15) is 34.8 Å². The third-order valence-electron chi connectivity index (χ3n) is 4.71. The SMILES string of the molecule is COC(=O)c1cc2cc(NC(=O)OC(C)(C)C)cc(OCc3ccccc3)c2n1C(=O)OC(C)(C)C. The van der Waals surface area contributed by atoms with Crippen molar-refractivity contribution in [1.29, 1.82) is 0 Å². The molecule has 0 atom stereocenters. The number of hydrogen-bond donors (Lipinski definition) is 1. The standard InChI is InChI=1S/C27H32N2O7/c1-26(2,3)35-24(31)28-19-13-18-14-20(23(30)33-7)29(25(32)36-27(4,5)6)22(18)21(15-19)34-16-17-11-9-8-10-12-17/h8-15H,16H2,1-7H3,(H,28,31). The number of hydrogen-bond acceptors (Lipinski definition) is 7. The molecule has 3 rings (SSSR count). The zero-order valence-corrected chi connectivity index (χ0v) is 21.6. The number of nitrogens with one attached hydrogen (secondary N) is 1. The maximum Gasteiger partial charge on any atom is 0.419 e. The van der Waals surface area contributed by atoms with Gasteiger partial charge in [0.05, 0.1) is 7.11 Å². The molecule has 192 valence electrons. The Morgan fingerprint density at radius 1 is 0.889 bits per heavy atom. The first kappa shape index (κ1) is 26.6. The summed E-state index contributed by atoms with van der Waals surface area (Å²) in [5, 5.41) is 3.14. The van der Waals surface area contributed by atoms with Crippen LogP contribution >= 0.6 is 0 Å². The monoisotopic (exact) mass is 496 g/mol. The zero-order chi connectivity index (χ0) is 26.7. The third-order valence-corrected chi connectivity index (χ3v) is 4.71. The van der Waals surface area contributed by atoms with Crippen LogP contribution in [0, 0.1) is 0 Å². The highest BCUT2D eigenvalue weighted by Crippen LogP contribution is 2.35. The van der Waals surface area contributed by atoms with Crippen molar-refractivity contribution in [1.82, 2.24) is 4.57 Å². The molecule has 36 heavy (non-hydrogen) atoms. The highest BCUT2D eigenvalue weighted by molar-refractivity contribution is 6.05. The van der Waals surface area contributed by atoms with Gasteiger partial charge in [-0.1, -0.05) is 30.3 Å². The summed E-state index contributed by atoms with van der Waals surface area (Å²) in [5.74, 6) is -0.476. The molecule has 3 aromatic rings. The van der Waals surface area contributed by atoms with Crippen LogP contribution < -0.4 is 10.1 Å². The maximum absolute atomic E-state index is 13.2. The van der Waals surface area contributed by atoms with E-state index in [1.807, 2.05) is 30.3 Å². The molecule has 0 aliphatic heterocycles. The minimum atomic E-state index is -0.815. The lowest BCUT2D eigenvalue weighted by atomic mass is 10.2. The van der Waals surface area contributed by atoms with Gasteiger partial charge in [0, 0.05) is 17.1 Å². The van der Waals surface area contributed by atoms with E-state index in [0.717, 1.165) is 10.1 Å². The van der Waals surface area contributed by atoms with E-state index in [-0.39, 0.29) is 18.1 Å². The van der Waals surface area contributed by atoms with Crippen molar-refractivity contribution in [2.24, 2.45) is 0 Å². The van der Waals surface area contributed by atoms with E-state index in [0.29, 0.717) is 16.6 Å². The van der Waals surface area contributed by atoms with Crippen molar-refractivity contribution in [2.45, 2.75) is 59.4 Å². The Kier molecular flexibility index (Phi) is 7.62. The first-order valence-electron chi connectivity index (χ1n) is 11.5. The average molecular weight is 497 g/mol. The fourth-order valence-electron chi connectivity index (χ4n) is 3.40. The van der Waals surface area contributed by atoms with Crippen molar-refractivity contribution >= 4 is 34.7 Å². The second kappa shape index (κ2) is 10.3. The van der Waals surface area contributed by atoms with Gasteiger partial charge in [-0.2, -0.15) is 0 Å². The number of benzene rings is 2. The molecule has 0 aliphatic rings. The Hall–Kier alpha value is -4.01. The summed E-state index contributed by atoms with van der Waals surface area (Å²) in [5.41, 5.74) is -0.00294. The molecule has 0 aliphatic carbocycles. The third kappa shape index (κ3) is 6.78. The van der Waals surface area contributed by atoms with Crippen LogP contribution in [0.5, 0.6) is 5.75 Å². The van der Waals surface area contributed by atoms with Crippen LogP contribution in [-0.4, -0.2) is 41.0 Å². The topological polar surface area (TPSA) is 105 Å². The largest absolute Gasteiger partial charge is 0.487 e. The molecule has 0 bridgehead atoms. The van der Waals surface area contributed by atoms with Crippen LogP contribution in [0.1, 0.15) is 57.6 Å². The average Bonchev–Trinajstić information content (AvgIpc) is 3.15. The molecule has 0 spiro atoms. The van der Waals surface area contributed by atoms with Gasteiger partial charge in [0.25, 0.3) is 0 Å². The van der Waals surface area contributed by atoms with Crippen molar-refractivity contribution in [2.75, 3.05) is 12.4 Å². The number of carbonyl (C=O) groups excluding carboxylic acids is 3. The van der Waals surface area contributed by atoms with Crippen molar-refractivity contribution in [3.63, 3.8) is 0 Å². The summed E-state index contributed by atoms with van der Waals surface area (Å²) < 4.78 is 23.1. The van der Waals surface area contributed by atoms with E-state index < -0.39 is 29.4 Å². The van der Waals surface area contributed by atoms with Crippen LogP contribution in [0.2, 0.25) is 0 Å². The summed E-state index contributed by atoms with van der Waals surface area (Å²) in [6.07, 6.45) is -1.43. The molecule has 1 amide bonds. The number of ether oxygens (including phenoxy) is 4. The highest BCUT2D eigenvalue weighted by Gasteiger charge is 2.28. The van der Waals surface area contributed by atoms with Crippen LogP contribution in [0.4, 0.5) is 15.3 Å². The number of rotatable bonds is 5. The molecule has 1 aromatic heterocycles. The summed E-state index contributed by atoms with van der Waals surface area (Å²) in [6.45, 7) is 10.6. The van der Waals surface area contributed by atoms with Crippen LogP contribution in [0.25, 0.3) is 10.9 Å². The van der Waals surface area contributed by atoms with E-state index in [9.17, 15) is 14.4 Å². The van der Waals surface area contributed by atoms with Crippen molar-refractivity contribution in [3.05, 3.63) is 59.8 Å². The van der Waals surface area contributed by atoms with Crippen molar-refractivity contribution < 1.29 is 33.3 Å². The zero-order valence-electron chi connectivity index (χ0n) is 21.6. The number of nitrogens with zero attached hydrogens (tertiary/aromatic N) is 1. The normalized spacial score (nSPS) is 11.6. The molecule has 0 radical (unpaired) electrons. The van der Waals surface area contributed by atoms with E-state index in [2.05, 4.69) is 5.32 Å². The summed E-state index contributed by atoms with van der Waals surface area (Å²) in [4.78, 5) is 38.2. The molecule has 1 heterocycles. The predicted octanol–water partition coefficient (Wildman–Crippen LogP) is 6.14. The first-order valence-corrected chi connectivity index (χ1v) is 11.5. The number of aromatic nitrogens is 1. The van der Waals surface area contributed by atoms with Gasteiger partial charge in [0.15, 0.2) is 0 Å². The Labute approximate surface area is 210 Å². The van der Waals surface area contributed by atoms with Gasteiger partial charge in [-0.05, 0) is 59.2 Å². The molecule has 9 heteroatoms. The van der Waals surface area contributed by atoms with Crippen LogP contribution in [-0.2, 0) is 20.8 Å². The lowest BCUT2D eigenvalue weighted by Crippen LogP contribution is -2.29. The van der Waals surface area contributed by atoms with Crippen LogP contribution in [0.15, 0.2) is 48.5 Å². The van der Waals surface area contributed by atoms with E-state index in [1.165, 1.54) is 13.2 Å². The number of amides is 1. The molecular weight excluding hydrogens is 464 g/mol. The fraction of sp³-hybridized carbons (Fsp3) is 0.370. The minimum absolute atomic E-state index is 0.0410. The molecule has 1 N–H and O–H groups in total. The van der Waals surface area contributed by atoms with Gasteiger partial charge in [-0.15, -0.1) is 0 Å². The number of fused-ring (bicyclic) bond motifs is 1. The van der Waals surface area contributed by atoms with Gasteiger partial charge in [-0.25, -0.2) is 19.0 Å². The lowest BCUT2D eigenvalue weighted by Gasteiger charge is -2.21. The predicted molar refractivity (Wildman–Crippen MR) is 136 cm³/mol. The Morgan fingerprint density at radius 3 is 2.11 bits per heavy atom. The van der Waals surface area contributed by atoms with Crippen molar-refractivity contribution in [3.8, 4) is 5.75 Å². The summed E-state index contributed by atoms with van der Waals surface area (Å²) >= 11 is 0. The van der Waals surface area contributed by atoms with E-state index in [4.69, 9.17) is 18.9 Å². The van der Waals surface area contributed by atoms with Crippen LogP contribution in [0.3, 0.4) is 0 Å². The van der Waals surface area contributed by atoms with Gasteiger partial charge >= 0.3 is 18.2 Å². The first-order chi connectivity index (χ1) is 16.8. The van der Waals surface area contributed by atoms with Gasteiger partial charge in [-0.3, -0.25) is 5.32 Å². The maximum atomic E-state index is 13.2. The smallest absolute Gasteiger partial charge is 0.419 e. The molecule has 2 aromatic carbocycles. The number of carbonyl (C=O) groups is 3. The Bertz CT molecular complexity index is 1270. The molecule has 9 nitrogen and oxygen atoms in total. The summed E-state index contributed by atoms with van der Waals surface area (Å²) in [6, 6.07) is 14.1. The lowest BCUT2D eigenvalue weighted by molar-refractivity contribution is 0.0489. The second-order valence-corrected chi connectivity index (χ2v) is 10.2. The number of methoxy groups -OCH3 is 1. The Balaban J connectivity index is 2.15. The van der Waals surface area contributed by atoms with E-state index in [1.54, 1.807) is 53.7 Å². The second-order valence-electron chi connectivity index (χ2n) is 10.2. The van der Waals surface area contributed by atoms with E-state index >= 15 is 0 Å². The minimum Gasteiger partial charge on any atom is -0.487 e. The molecule has 0 fully saturated rings. The fourth-order valence-corrected chi connectivity index (χ4v) is 3.40. The number of anilines is 1. The summed E-state index contributed by atoms with van der Waals surface area (Å²) in [7, 11) is 1.22. The quantitative estimate of drug-likeness (QED) is 0.334. The van der Waals surface area contributed by atoms with Gasteiger partial charge in [0.2, 0.25) is 0 Å².